The normalized spacial score (nSPS) is 10.3. The van der Waals surface area contributed by atoms with Crippen LogP contribution in [0.2, 0.25) is 0 Å². The van der Waals surface area contributed by atoms with Crippen LogP contribution < -0.4 is 10.1 Å². The van der Waals surface area contributed by atoms with Crippen LogP contribution in [0.3, 0.4) is 0 Å². The highest BCUT2D eigenvalue weighted by molar-refractivity contribution is 5.48. The van der Waals surface area contributed by atoms with Crippen molar-refractivity contribution in [2.24, 2.45) is 0 Å². The molecule has 1 heterocycles. The van der Waals surface area contributed by atoms with Gasteiger partial charge in [0.1, 0.15) is 0 Å². The van der Waals surface area contributed by atoms with E-state index in [0.717, 1.165) is 5.69 Å². The molecule has 5 nitrogen and oxygen atoms in total. The first kappa shape index (κ1) is 11.4. The van der Waals surface area contributed by atoms with Gasteiger partial charge in [-0.05, 0) is 12.1 Å². The van der Waals surface area contributed by atoms with Gasteiger partial charge in [0, 0.05) is 18.7 Å². The average Bonchev–Trinajstić information content (AvgIpc) is 2.74. The Hall–Kier alpha value is -2.11. The highest BCUT2D eigenvalue weighted by atomic mass is 19.1. The molecule has 17 heavy (non-hydrogen) atoms. The zero-order valence-corrected chi connectivity index (χ0v) is 9.53. The van der Waals surface area contributed by atoms with Crippen LogP contribution in [0.1, 0.15) is 11.8 Å². The van der Waals surface area contributed by atoms with E-state index in [2.05, 4.69) is 15.5 Å². The predicted octanol–water partition coefficient (Wildman–Crippen LogP) is 2.14. The number of hydrogen-bond acceptors (Lipinski definition) is 5. The molecule has 0 amide bonds. The fourth-order valence-electron chi connectivity index (χ4n) is 1.36. The van der Waals surface area contributed by atoms with Crippen LogP contribution in [0.4, 0.5) is 10.1 Å². The van der Waals surface area contributed by atoms with E-state index >= 15 is 0 Å². The van der Waals surface area contributed by atoms with Crippen molar-refractivity contribution in [2.45, 2.75) is 13.5 Å². The van der Waals surface area contributed by atoms with Gasteiger partial charge in [0.15, 0.2) is 11.6 Å². The van der Waals surface area contributed by atoms with E-state index in [1.54, 1.807) is 19.1 Å². The Bertz CT molecular complexity index is 513. The van der Waals surface area contributed by atoms with Gasteiger partial charge < -0.3 is 14.5 Å². The van der Waals surface area contributed by atoms with E-state index in [0.29, 0.717) is 18.3 Å². The Labute approximate surface area is 97.6 Å². The van der Waals surface area contributed by atoms with Gasteiger partial charge in [-0.3, -0.25) is 0 Å². The third-order valence-corrected chi connectivity index (χ3v) is 2.16. The summed E-state index contributed by atoms with van der Waals surface area (Å²) in [5.41, 5.74) is 0.721. The predicted molar refractivity (Wildman–Crippen MR) is 59.3 cm³/mol. The minimum absolute atomic E-state index is 0.191. The number of halogens is 1. The van der Waals surface area contributed by atoms with Crippen LogP contribution in [-0.2, 0) is 6.54 Å². The maximum Gasteiger partial charge on any atom is 0.235 e. The van der Waals surface area contributed by atoms with Gasteiger partial charge in [-0.15, -0.1) is 10.2 Å². The molecule has 6 heteroatoms. The van der Waals surface area contributed by atoms with E-state index in [1.165, 1.54) is 13.2 Å². The summed E-state index contributed by atoms with van der Waals surface area (Å²) in [5, 5.41) is 10.6. The topological polar surface area (TPSA) is 60.2 Å². The number of rotatable bonds is 4. The van der Waals surface area contributed by atoms with E-state index in [-0.39, 0.29) is 5.75 Å². The molecule has 1 N–H and O–H groups in total. The van der Waals surface area contributed by atoms with Gasteiger partial charge in [0.2, 0.25) is 11.8 Å². The number of aromatic nitrogens is 2. The lowest BCUT2D eigenvalue weighted by Crippen LogP contribution is -2.00. The lowest BCUT2D eigenvalue weighted by Gasteiger charge is -2.06. The number of methoxy groups -OCH3 is 1. The first-order valence-corrected chi connectivity index (χ1v) is 5.05. The maximum atomic E-state index is 13.1. The Balaban J connectivity index is 2.04. The Kier molecular flexibility index (Phi) is 3.22. The number of hydrogen-bond donors (Lipinski definition) is 1. The summed E-state index contributed by atoms with van der Waals surface area (Å²) in [4.78, 5) is 0. The lowest BCUT2D eigenvalue weighted by molar-refractivity contribution is 0.386. The second-order valence-electron chi connectivity index (χ2n) is 3.42. The monoisotopic (exact) mass is 237 g/mol. The zero-order chi connectivity index (χ0) is 12.3. The molecule has 0 aliphatic rings. The van der Waals surface area contributed by atoms with Gasteiger partial charge in [-0.25, -0.2) is 4.39 Å². The Morgan fingerprint density at radius 3 is 2.88 bits per heavy atom. The van der Waals surface area contributed by atoms with Gasteiger partial charge >= 0.3 is 0 Å². The van der Waals surface area contributed by atoms with E-state index in [4.69, 9.17) is 9.15 Å². The van der Waals surface area contributed by atoms with Crippen LogP contribution in [0.5, 0.6) is 5.75 Å². The van der Waals surface area contributed by atoms with Crippen LogP contribution >= 0.6 is 0 Å². The molecule has 0 saturated carbocycles. The number of ether oxygens (including phenoxy) is 1. The van der Waals surface area contributed by atoms with Crippen LogP contribution in [0, 0.1) is 12.7 Å². The van der Waals surface area contributed by atoms with Crippen molar-refractivity contribution in [1.29, 1.82) is 0 Å². The maximum absolute atomic E-state index is 13.1. The van der Waals surface area contributed by atoms with Crippen LogP contribution in [-0.4, -0.2) is 17.3 Å². The first-order chi connectivity index (χ1) is 8.19. The van der Waals surface area contributed by atoms with E-state index in [1.807, 2.05) is 0 Å². The largest absolute Gasteiger partial charge is 0.494 e. The second-order valence-corrected chi connectivity index (χ2v) is 3.42. The summed E-state index contributed by atoms with van der Waals surface area (Å²) in [5.74, 6) is 0.785. The molecule has 0 saturated heterocycles. The van der Waals surface area contributed by atoms with Crippen molar-refractivity contribution < 1.29 is 13.5 Å². The molecule has 2 aromatic rings. The standard InChI is InChI=1S/C11H12FN3O2/c1-7-14-15-11(17-7)6-13-8-3-4-9(12)10(5-8)16-2/h3-5,13H,6H2,1-2H3. The number of nitrogens with zero attached hydrogens (tertiary/aromatic N) is 2. The molecule has 0 unspecified atom stereocenters. The van der Waals surface area contributed by atoms with Crippen molar-refractivity contribution in [3.05, 3.63) is 35.8 Å². The Morgan fingerprint density at radius 1 is 1.41 bits per heavy atom. The summed E-state index contributed by atoms with van der Waals surface area (Å²) in [6.07, 6.45) is 0. The molecule has 0 aliphatic carbocycles. The molecule has 1 aromatic carbocycles. The van der Waals surface area contributed by atoms with Gasteiger partial charge in [0.05, 0.1) is 13.7 Å². The van der Waals surface area contributed by atoms with E-state index < -0.39 is 5.82 Å². The average molecular weight is 237 g/mol. The number of nitrogens with one attached hydrogen (secondary N) is 1. The molecule has 0 bridgehead atoms. The molecular formula is C11H12FN3O2. The third-order valence-electron chi connectivity index (χ3n) is 2.16. The molecule has 0 spiro atoms. The molecule has 0 fully saturated rings. The van der Waals surface area contributed by atoms with Crippen LogP contribution in [0.15, 0.2) is 22.6 Å². The summed E-state index contributed by atoms with van der Waals surface area (Å²) < 4.78 is 23.2. The highest BCUT2D eigenvalue weighted by Gasteiger charge is 2.05. The highest BCUT2D eigenvalue weighted by Crippen LogP contribution is 2.21. The van der Waals surface area contributed by atoms with Gasteiger partial charge in [0.25, 0.3) is 0 Å². The number of anilines is 1. The van der Waals surface area contributed by atoms with Crippen molar-refractivity contribution in [3.63, 3.8) is 0 Å². The van der Waals surface area contributed by atoms with Crippen molar-refractivity contribution >= 4 is 5.69 Å². The smallest absolute Gasteiger partial charge is 0.235 e. The molecule has 1 aromatic heterocycles. The van der Waals surface area contributed by atoms with Gasteiger partial charge in [-0.1, -0.05) is 0 Å². The number of aryl methyl sites for hydroxylation is 1. The summed E-state index contributed by atoms with van der Waals surface area (Å²) in [6.45, 7) is 2.10. The number of benzene rings is 1. The minimum atomic E-state index is -0.397. The minimum Gasteiger partial charge on any atom is -0.494 e. The van der Waals surface area contributed by atoms with Crippen molar-refractivity contribution in [1.82, 2.24) is 10.2 Å². The molecule has 2 rings (SSSR count). The third kappa shape index (κ3) is 2.72. The molecular weight excluding hydrogens is 225 g/mol. The fourth-order valence-corrected chi connectivity index (χ4v) is 1.36. The van der Waals surface area contributed by atoms with Crippen molar-refractivity contribution in [3.8, 4) is 5.75 Å². The zero-order valence-electron chi connectivity index (χ0n) is 9.53. The quantitative estimate of drug-likeness (QED) is 0.882. The molecule has 90 valence electrons. The summed E-state index contributed by atoms with van der Waals surface area (Å²) in [7, 11) is 1.42. The lowest BCUT2D eigenvalue weighted by atomic mass is 10.3. The SMILES string of the molecule is COc1cc(NCc2nnc(C)o2)ccc1F. The van der Waals surface area contributed by atoms with Crippen molar-refractivity contribution in [2.75, 3.05) is 12.4 Å². The fraction of sp³-hybridized carbons (Fsp3) is 0.273. The summed E-state index contributed by atoms with van der Waals surface area (Å²) in [6, 6.07) is 4.51. The van der Waals surface area contributed by atoms with E-state index in [9.17, 15) is 4.39 Å². The summed E-state index contributed by atoms with van der Waals surface area (Å²) >= 11 is 0. The first-order valence-electron chi connectivity index (χ1n) is 5.05. The second kappa shape index (κ2) is 4.82. The molecule has 0 atom stereocenters. The molecule has 0 radical (unpaired) electrons. The van der Waals surface area contributed by atoms with Gasteiger partial charge in [-0.2, -0.15) is 0 Å². The Morgan fingerprint density at radius 2 is 2.24 bits per heavy atom. The molecule has 0 aliphatic heterocycles. The van der Waals surface area contributed by atoms with Crippen LogP contribution in [0.25, 0.3) is 0 Å².